The highest BCUT2D eigenvalue weighted by molar-refractivity contribution is 14.1. The average molecular weight is 280 g/mol. The Labute approximate surface area is 88.3 Å². The van der Waals surface area contributed by atoms with Crippen molar-refractivity contribution in [1.29, 1.82) is 10.8 Å². The van der Waals surface area contributed by atoms with Crippen molar-refractivity contribution in [3.05, 3.63) is 0 Å². The Balaban J connectivity index is 3.13. The van der Waals surface area contributed by atoms with Crippen LogP contribution in [0.2, 0.25) is 0 Å². The number of hydrogen-bond donors (Lipinski definition) is 2. The van der Waals surface area contributed by atoms with E-state index in [1.165, 1.54) is 6.21 Å². The molecule has 0 atom stereocenters. The van der Waals surface area contributed by atoms with E-state index in [-0.39, 0.29) is 0 Å². The zero-order valence-corrected chi connectivity index (χ0v) is 9.56. The number of unbranched alkanes of at least 4 members (excludes halogenated alkanes) is 2. The van der Waals surface area contributed by atoms with Crippen LogP contribution in [0.15, 0.2) is 0 Å². The van der Waals surface area contributed by atoms with Crippen LogP contribution in [-0.2, 0) is 0 Å². The first-order chi connectivity index (χ1) is 5.81. The molecule has 0 aromatic rings. The summed E-state index contributed by atoms with van der Waals surface area (Å²) in [7, 11) is 0. The summed E-state index contributed by atoms with van der Waals surface area (Å²) >= 11 is 2.35. The van der Waals surface area contributed by atoms with E-state index >= 15 is 0 Å². The first-order valence-electron chi connectivity index (χ1n) is 4.42. The number of alkyl halides is 1. The summed E-state index contributed by atoms with van der Waals surface area (Å²) in [6, 6.07) is 0. The summed E-state index contributed by atoms with van der Waals surface area (Å²) in [5, 5.41) is 14.4. The van der Waals surface area contributed by atoms with Gasteiger partial charge in [-0.1, -0.05) is 22.6 Å². The largest absolute Gasteiger partial charge is 0.313 e. The third kappa shape index (κ3) is 8.17. The Hall–Kier alpha value is 0.0700. The maximum absolute atomic E-state index is 7.57. The molecule has 0 saturated carbocycles. The molecule has 0 aliphatic rings. The van der Waals surface area contributed by atoms with Crippen molar-refractivity contribution < 1.29 is 0 Å². The fourth-order valence-electron chi connectivity index (χ4n) is 0.990. The lowest BCUT2D eigenvalue weighted by molar-refractivity contribution is 0.783. The van der Waals surface area contributed by atoms with Gasteiger partial charge < -0.3 is 10.8 Å². The topological polar surface area (TPSA) is 47.7 Å². The van der Waals surface area contributed by atoms with Gasteiger partial charge in [-0.3, -0.25) is 0 Å². The van der Waals surface area contributed by atoms with Crippen molar-refractivity contribution in [1.82, 2.24) is 0 Å². The molecule has 0 rings (SSSR count). The van der Waals surface area contributed by atoms with E-state index in [9.17, 15) is 0 Å². The van der Waals surface area contributed by atoms with E-state index in [0.29, 0.717) is 0 Å². The van der Waals surface area contributed by atoms with Gasteiger partial charge in [0.05, 0.1) is 0 Å². The number of hydrogen-bond acceptors (Lipinski definition) is 2. The molecule has 0 spiro atoms. The fraction of sp³-hybridized carbons (Fsp3) is 0.778. The van der Waals surface area contributed by atoms with Gasteiger partial charge in [-0.25, -0.2) is 0 Å². The molecule has 3 heteroatoms. The van der Waals surface area contributed by atoms with E-state index in [2.05, 4.69) is 22.6 Å². The Morgan fingerprint density at radius 1 is 1.17 bits per heavy atom. The Morgan fingerprint density at radius 2 is 1.83 bits per heavy atom. The van der Waals surface area contributed by atoms with Crippen molar-refractivity contribution in [2.75, 3.05) is 4.43 Å². The zero-order valence-electron chi connectivity index (χ0n) is 7.41. The highest BCUT2D eigenvalue weighted by Crippen LogP contribution is 2.04. The molecule has 0 bridgehead atoms. The summed E-state index contributed by atoms with van der Waals surface area (Å²) in [4.78, 5) is 0. The molecule has 0 aliphatic carbocycles. The van der Waals surface area contributed by atoms with Crippen LogP contribution in [-0.4, -0.2) is 16.4 Å². The lowest BCUT2D eigenvalue weighted by Gasteiger charge is -2.00. The molecule has 0 aromatic carbocycles. The molecule has 2 nitrogen and oxygen atoms in total. The van der Waals surface area contributed by atoms with Crippen molar-refractivity contribution in [2.24, 2.45) is 0 Å². The maximum atomic E-state index is 7.57. The Morgan fingerprint density at radius 3 is 2.42 bits per heavy atom. The molecule has 0 fully saturated rings. The zero-order chi connectivity index (χ0) is 9.23. The van der Waals surface area contributed by atoms with Gasteiger partial charge in [0, 0.05) is 5.71 Å². The van der Waals surface area contributed by atoms with Gasteiger partial charge in [0.2, 0.25) is 0 Å². The van der Waals surface area contributed by atoms with E-state index in [0.717, 1.165) is 48.7 Å². The van der Waals surface area contributed by atoms with Crippen LogP contribution >= 0.6 is 22.6 Å². The van der Waals surface area contributed by atoms with Crippen LogP contribution in [0.3, 0.4) is 0 Å². The Kier molecular flexibility index (Phi) is 9.21. The van der Waals surface area contributed by atoms with Crippen molar-refractivity contribution in [3.8, 4) is 0 Å². The van der Waals surface area contributed by atoms with E-state index in [4.69, 9.17) is 10.8 Å². The van der Waals surface area contributed by atoms with E-state index in [1.54, 1.807) is 0 Å². The van der Waals surface area contributed by atoms with Crippen LogP contribution in [0.5, 0.6) is 0 Å². The van der Waals surface area contributed by atoms with Crippen LogP contribution in [0.4, 0.5) is 0 Å². The smallest absolute Gasteiger partial charge is 0.00894 e. The minimum Gasteiger partial charge on any atom is -0.313 e. The lowest BCUT2D eigenvalue weighted by Crippen LogP contribution is -1.96. The fourth-order valence-corrected chi connectivity index (χ4v) is 1.37. The summed E-state index contributed by atoms with van der Waals surface area (Å²) in [6.45, 7) is 0. The van der Waals surface area contributed by atoms with Gasteiger partial charge in [-0.2, -0.15) is 0 Å². The van der Waals surface area contributed by atoms with Gasteiger partial charge in [-0.15, -0.1) is 0 Å². The summed E-state index contributed by atoms with van der Waals surface area (Å²) in [6.07, 6.45) is 7.52. The van der Waals surface area contributed by atoms with Gasteiger partial charge in [-0.05, 0) is 49.2 Å². The maximum Gasteiger partial charge on any atom is 0.00894 e. The summed E-state index contributed by atoms with van der Waals surface area (Å²) in [5.41, 5.74) is 0.886. The predicted molar refractivity (Wildman–Crippen MR) is 63.1 cm³/mol. The van der Waals surface area contributed by atoms with Gasteiger partial charge in [0.25, 0.3) is 0 Å². The second-order valence-corrected chi connectivity index (χ2v) is 3.92. The lowest BCUT2D eigenvalue weighted by atomic mass is 10.1. The molecule has 0 aliphatic heterocycles. The minimum absolute atomic E-state index is 0.875. The molecule has 12 heavy (non-hydrogen) atoms. The molecule has 0 saturated heterocycles. The number of rotatable bonds is 8. The average Bonchev–Trinajstić information content (AvgIpc) is 2.09. The van der Waals surface area contributed by atoms with Crippen LogP contribution < -0.4 is 0 Å². The summed E-state index contributed by atoms with van der Waals surface area (Å²) in [5.74, 6) is 0. The molecule has 0 unspecified atom stereocenters. The van der Waals surface area contributed by atoms with Gasteiger partial charge in [0.15, 0.2) is 0 Å². The third-order valence-corrected chi connectivity index (χ3v) is 2.45. The van der Waals surface area contributed by atoms with E-state index < -0.39 is 0 Å². The second-order valence-electron chi connectivity index (χ2n) is 2.85. The van der Waals surface area contributed by atoms with Crippen LogP contribution in [0.1, 0.15) is 38.5 Å². The normalized spacial score (nSPS) is 9.75. The van der Waals surface area contributed by atoms with Crippen LogP contribution in [0.25, 0.3) is 0 Å². The monoisotopic (exact) mass is 280 g/mol. The predicted octanol–water partition coefficient (Wildman–Crippen LogP) is 3.43. The Bertz CT molecular complexity index is 134. The third-order valence-electron chi connectivity index (χ3n) is 1.69. The summed E-state index contributed by atoms with van der Waals surface area (Å²) < 4.78 is 1.15. The highest BCUT2D eigenvalue weighted by atomic mass is 127. The first-order valence-corrected chi connectivity index (χ1v) is 5.95. The van der Waals surface area contributed by atoms with Gasteiger partial charge in [0.1, 0.15) is 0 Å². The van der Waals surface area contributed by atoms with Crippen molar-refractivity contribution >= 4 is 34.5 Å². The minimum atomic E-state index is 0.875. The number of nitrogens with one attached hydrogen (secondary N) is 2. The molecular formula is C9H17IN2. The first kappa shape index (κ1) is 12.1. The second kappa shape index (κ2) is 9.16. The molecule has 0 amide bonds. The molecule has 0 radical (unpaired) electrons. The molecule has 0 aromatic heterocycles. The van der Waals surface area contributed by atoms with E-state index in [1.807, 2.05) is 0 Å². The SMILES string of the molecule is N=CCCCCC(=N)CCCI. The number of halogens is 1. The van der Waals surface area contributed by atoms with Crippen molar-refractivity contribution in [2.45, 2.75) is 38.5 Å². The molecule has 0 heterocycles. The molecular weight excluding hydrogens is 263 g/mol. The highest BCUT2D eigenvalue weighted by Gasteiger charge is 1.95. The quantitative estimate of drug-likeness (QED) is 0.296. The molecule has 70 valence electrons. The molecule has 2 N–H and O–H groups in total. The van der Waals surface area contributed by atoms with Gasteiger partial charge >= 0.3 is 0 Å². The van der Waals surface area contributed by atoms with Crippen molar-refractivity contribution in [3.63, 3.8) is 0 Å². The standard InChI is InChI=1S/C9H17IN2/c10-7-4-6-9(12)5-2-1-3-8-11/h8,11-12H,1-7H2. The van der Waals surface area contributed by atoms with Crippen LogP contribution in [0, 0.1) is 10.8 Å².